The highest BCUT2D eigenvalue weighted by atomic mass is 16.5. The van der Waals surface area contributed by atoms with Crippen LogP contribution in [0.25, 0.3) is 33.5 Å². The summed E-state index contributed by atoms with van der Waals surface area (Å²) in [5, 5.41) is 14.0. The second-order valence-corrected chi connectivity index (χ2v) is 16.5. The largest absolute Gasteiger partial charge is 0.493 e. The van der Waals surface area contributed by atoms with Gasteiger partial charge < -0.3 is 23.3 Å². The zero-order chi connectivity index (χ0) is 45.2. The van der Waals surface area contributed by atoms with Crippen molar-refractivity contribution in [1.82, 2.24) is 39.3 Å². The maximum Gasteiger partial charge on any atom is 0.204 e. The normalized spacial score (nSPS) is 12.1. The van der Waals surface area contributed by atoms with Crippen molar-refractivity contribution in [2.75, 3.05) is 14.2 Å². The highest BCUT2D eigenvalue weighted by Crippen LogP contribution is 2.46. The van der Waals surface area contributed by atoms with Crippen molar-refractivity contribution >= 4 is 22.1 Å². The minimum absolute atomic E-state index is 0.418. The van der Waals surface area contributed by atoms with Crippen molar-refractivity contribution < 1.29 is 14.2 Å². The monoisotopic (exact) mass is 870 g/mol. The van der Waals surface area contributed by atoms with Crippen LogP contribution in [0.1, 0.15) is 64.5 Å². The molecule has 7 aromatic carbocycles. The van der Waals surface area contributed by atoms with Crippen LogP contribution in [-0.2, 0) is 25.6 Å². The molecule has 3 heterocycles. The molecule has 11 nitrogen and oxygen atoms in total. The van der Waals surface area contributed by atoms with E-state index in [2.05, 4.69) is 95.9 Å². The first-order valence-electron chi connectivity index (χ1n) is 22.3. The first-order valence-corrected chi connectivity index (χ1v) is 22.3. The third-order valence-electron chi connectivity index (χ3n) is 12.5. The number of imidazole rings is 2. The van der Waals surface area contributed by atoms with Gasteiger partial charge in [0.25, 0.3) is 0 Å². The van der Waals surface area contributed by atoms with E-state index in [1.54, 1.807) is 14.2 Å². The highest BCUT2D eigenvalue weighted by molar-refractivity contribution is 5.87. The Hall–Kier alpha value is -8.05. The number of hydrogen-bond donors (Lipinski definition) is 0. The lowest BCUT2D eigenvalue weighted by Gasteiger charge is -2.37. The standard InChI is InChI=1S/C55H50N8O3/c1-6-21-49-57-50-37(2)32-40(53-56-44-30-19-20-31-45(44)61(53)3)35-46(50)62(49)36-38-33-47(64-4)52(48(34-38)65-5)66-51(39-22-11-7-12-23-39)54-58-59-60-63(54)55(41-24-13-8-14-25-41,42-26-15-9-16-27-42)43-28-17-10-18-29-43/h7-20,22-35,51H,6,21,36H2,1-5H3. The fourth-order valence-electron chi connectivity index (χ4n) is 9.41. The van der Waals surface area contributed by atoms with Gasteiger partial charge in [-0.15, -0.1) is 5.10 Å². The van der Waals surface area contributed by atoms with Crippen LogP contribution < -0.4 is 14.2 Å². The molecule has 0 aliphatic carbocycles. The fourth-order valence-corrected chi connectivity index (χ4v) is 9.41. The fraction of sp³-hybridized carbons (Fsp3) is 0.182. The van der Waals surface area contributed by atoms with Crippen LogP contribution >= 0.6 is 0 Å². The zero-order valence-electron chi connectivity index (χ0n) is 37.7. The number of para-hydroxylation sites is 2. The lowest BCUT2D eigenvalue weighted by molar-refractivity contribution is 0.202. The van der Waals surface area contributed by atoms with E-state index in [0.29, 0.717) is 29.6 Å². The van der Waals surface area contributed by atoms with Gasteiger partial charge in [-0.05, 0) is 88.0 Å². The van der Waals surface area contributed by atoms with Crippen LogP contribution in [-0.4, -0.2) is 53.5 Å². The number of ether oxygens (including phenoxy) is 3. The maximum atomic E-state index is 7.23. The van der Waals surface area contributed by atoms with Crippen molar-refractivity contribution in [2.45, 2.75) is 44.9 Å². The van der Waals surface area contributed by atoms with Crippen molar-refractivity contribution in [1.29, 1.82) is 0 Å². The number of aryl methyl sites for hydroxylation is 3. The summed E-state index contributed by atoms with van der Waals surface area (Å²) in [5.74, 6) is 3.81. The highest BCUT2D eigenvalue weighted by Gasteiger charge is 2.43. The van der Waals surface area contributed by atoms with Crippen LogP contribution in [0.3, 0.4) is 0 Å². The molecule has 0 radical (unpaired) electrons. The average molecular weight is 871 g/mol. The first kappa shape index (κ1) is 41.9. The maximum absolute atomic E-state index is 7.23. The van der Waals surface area contributed by atoms with E-state index >= 15 is 0 Å². The van der Waals surface area contributed by atoms with E-state index in [-0.39, 0.29) is 0 Å². The minimum Gasteiger partial charge on any atom is -0.493 e. The summed E-state index contributed by atoms with van der Waals surface area (Å²) in [6, 6.07) is 57.7. The molecule has 0 N–H and O–H groups in total. The number of aromatic nitrogens is 8. The number of benzene rings is 7. The van der Waals surface area contributed by atoms with E-state index in [9.17, 15) is 0 Å². The molecular formula is C55H50N8O3. The molecule has 0 fully saturated rings. The Bertz CT molecular complexity index is 3150. The summed E-state index contributed by atoms with van der Waals surface area (Å²) < 4.78 is 26.0. The molecule has 66 heavy (non-hydrogen) atoms. The number of rotatable bonds is 15. The predicted molar refractivity (Wildman–Crippen MR) is 258 cm³/mol. The van der Waals surface area contributed by atoms with Gasteiger partial charge in [-0.3, -0.25) is 0 Å². The molecule has 10 aromatic rings. The van der Waals surface area contributed by atoms with E-state index in [4.69, 9.17) is 34.5 Å². The molecule has 0 saturated heterocycles. The van der Waals surface area contributed by atoms with Crippen molar-refractivity contribution in [3.8, 4) is 28.6 Å². The molecule has 0 aliphatic heterocycles. The Morgan fingerprint density at radius 2 is 1.23 bits per heavy atom. The van der Waals surface area contributed by atoms with Gasteiger partial charge in [-0.2, -0.15) is 0 Å². The molecule has 11 heteroatoms. The molecule has 328 valence electrons. The summed E-state index contributed by atoms with van der Waals surface area (Å²) >= 11 is 0. The van der Waals surface area contributed by atoms with E-state index in [0.717, 1.165) is 85.5 Å². The summed E-state index contributed by atoms with van der Waals surface area (Å²) in [6.45, 7) is 4.82. The molecular weight excluding hydrogens is 821 g/mol. The number of tetrazole rings is 1. The Labute approximate surface area is 383 Å². The van der Waals surface area contributed by atoms with Crippen molar-refractivity contribution in [2.24, 2.45) is 7.05 Å². The molecule has 0 saturated carbocycles. The third-order valence-corrected chi connectivity index (χ3v) is 12.5. The Morgan fingerprint density at radius 3 is 1.80 bits per heavy atom. The summed E-state index contributed by atoms with van der Waals surface area (Å²) in [4.78, 5) is 10.3. The van der Waals surface area contributed by atoms with Gasteiger partial charge in [0.05, 0.1) is 36.3 Å². The Balaban J connectivity index is 1.10. The van der Waals surface area contributed by atoms with Gasteiger partial charge in [0.2, 0.25) is 5.75 Å². The summed E-state index contributed by atoms with van der Waals surface area (Å²) in [7, 11) is 5.38. The van der Waals surface area contributed by atoms with Gasteiger partial charge in [0, 0.05) is 31.1 Å². The quantitative estimate of drug-likeness (QED) is 0.0938. The molecule has 0 amide bonds. The number of fused-ring (bicyclic) bond motifs is 2. The number of methoxy groups -OCH3 is 2. The second-order valence-electron chi connectivity index (χ2n) is 16.5. The van der Waals surface area contributed by atoms with E-state index in [1.807, 2.05) is 114 Å². The molecule has 0 spiro atoms. The van der Waals surface area contributed by atoms with Crippen molar-refractivity contribution in [3.63, 3.8) is 0 Å². The van der Waals surface area contributed by atoms with Crippen LogP contribution in [0.2, 0.25) is 0 Å². The minimum atomic E-state index is -0.997. The molecule has 1 atom stereocenters. The van der Waals surface area contributed by atoms with E-state index < -0.39 is 11.6 Å². The number of hydrogen-bond acceptors (Lipinski definition) is 8. The van der Waals surface area contributed by atoms with E-state index in [1.165, 1.54) is 0 Å². The Morgan fingerprint density at radius 1 is 0.652 bits per heavy atom. The second kappa shape index (κ2) is 17.8. The molecule has 10 rings (SSSR count). The Kier molecular flexibility index (Phi) is 11.3. The van der Waals surface area contributed by atoms with Crippen molar-refractivity contribution in [3.05, 3.63) is 215 Å². The molecule has 1 unspecified atom stereocenters. The molecule has 3 aromatic heterocycles. The smallest absolute Gasteiger partial charge is 0.204 e. The summed E-state index contributed by atoms with van der Waals surface area (Å²) in [6.07, 6.45) is 0.942. The average Bonchev–Trinajstić information content (AvgIpc) is 4.08. The first-order chi connectivity index (χ1) is 32.4. The van der Waals surface area contributed by atoms with Gasteiger partial charge in [0.15, 0.2) is 23.4 Å². The molecule has 0 aliphatic rings. The lowest BCUT2D eigenvalue weighted by atomic mass is 9.77. The van der Waals surface area contributed by atoms with Crippen LogP contribution in [0.15, 0.2) is 170 Å². The zero-order valence-corrected chi connectivity index (χ0v) is 37.7. The SMILES string of the molecule is CCCc1nc2c(C)cc(-c3nc4ccccc4n3C)cc2n1Cc1cc(OC)c(OC(c2ccccc2)c2nnnn2C(c2ccccc2)(c2ccccc2)c2ccccc2)c(OC)c1. The van der Waals surface area contributed by atoms with Gasteiger partial charge in [-0.1, -0.05) is 140 Å². The van der Waals surface area contributed by atoms with Crippen LogP contribution in [0, 0.1) is 6.92 Å². The lowest BCUT2D eigenvalue weighted by Crippen LogP contribution is -2.41. The van der Waals surface area contributed by atoms with Crippen LogP contribution in [0.5, 0.6) is 17.2 Å². The van der Waals surface area contributed by atoms with Gasteiger partial charge in [0.1, 0.15) is 17.2 Å². The topological polar surface area (TPSA) is 107 Å². The third kappa shape index (κ3) is 7.32. The van der Waals surface area contributed by atoms with Crippen LogP contribution in [0.4, 0.5) is 0 Å². The summed E-state index contributed by atoms with van der Waals surface area (Å²) in [5.41, 5.74) is 9.91. The van der Waals surface area contributed by atoms with Gasteiger partial charge in [-0.25, -0.2) is 14.6 Å². The number of nitrogens with zero attached hydrogens (tertiary/aromatic N) is 8. The molecule has 0 bridgehead atoms. The van der Waals surface area contributed by atoms with Gasteiger partial charge >= 0.3 is 0 Å². The predicted octanol–water partition coefficient (Wildman–Crippen LogP) is 10.9.